The van der Waals surface area contributed by atoms with E-state index in [-0.39, 0.29) is 0 Å². The molecule has 0 unspecified atom stereocenters. The van der Waals surface area contributed by atoms with E-state index in [1.54, 1.807) is 0 Å². The average molecular weight is 229 g/mol. The Morgan fingerprint density at radius 1 is 1.62 bits per heavy atom. The lowest BCUT2D eigenvalue weighted by Gasteiger charge is -1.97. The molecule has 4 heteroatoms. The minimum absolute atomic E-state index is 0.611. The lowest BCUT2D eigenvalue weighted by Crippen LogP contribution is -1.89. The van der Waals surface area contributed by atoms with Crippen LogP contribution < -0.4 is 0 Å². The molecule has 0 aromatic carbocycles. The van der Waals surface area contributed by atoms with Gasteiger partial charge in [0.15, 0.2) is 0 Å². The summed E-state index contributed by atoms with van der Waals surface area (Å²) < 4.78 is 1.97. The Labute approximate surface area is 98.3 Å². The van der Waals surface area contributed by atoms with Gasteiger partial charge in [-0.2, -0.15) is 5.26 Å². The molecule has 0 amide bonds. The van der Waals surface area contributed by atoms with Gasteiger partial charge in [-0.25, -0.2) is 4.98 Å². The van der Waals surface area contributed by atoms with Crippen molar-refractivity contribution in [2.45, 2.75) is 6.92 Å². The van der Waals surface area contributed by atoms with Crippen LogP contribution in [0.2, 0.25) is 0 Å². The first-order valence-electron chi connectivity index (χ1n) is 4.86. The van der Waals surface area contributed by atoms with Crippen molar-refractivity contribution in [1.82, 2.24) is 9.55 Å². The molecule has 3 nitrogen and oxygen atoms in total. The Balaban J connectivity index is 2.42. The molecule has 0 aliphatic carbocycles. The van der Waals surface area contributed by atoms with E-state index in [1.165, 1.54) is 11.3 Å². The topological polar surface area (TPSA) is 41.6 Å². The minimum Gasteiger partial charge on any atom is -0.351 e. The maximum Gasteiger partial charge on any atom is 0.134 e. The summed E-state index contributed by atoms with van der Waals surface area (Å²) in [6, 6.07) is 6.12. The highest BCUT2D eigenvalue weighted by molar-refractivity contribution is 7.11. The first-order valence-corrected chi connectivity index (χ1v) is 5.74. The van der Waals surface area contributed by atoms with Crippen molar-refractivity contribution < 1.29 is 0 Å². The summed E-state index contributed by atoms with van der Waals surface area (Å²) in [4.78, 5) is 4.31. The van der Waals surface area contributed by atoms with Gasteiger partial charge in [-0.05, 0) is 25.1 Å². The van der Waals surface area contributed by atoms with Crippen molar-refractivity contribution >= 4 is 23.0 Å². The summed E-state index contributed by atoms with van der Waals surface area (Å²) in [6.07, 6.45) is 3.81. The highest BCUT2D eigenvalue weighted by Gasteiger charge is 2.06. The van der Waals surface area contributed by atoms with Gasteiger partial charge in [-0.1, -0.05) is 0 Å². The molecule has 0 bridgehead atoms. The average Bonchev–Trinajstić information content (AvgIpc) is 2.85. The standard InChI is InChI=1S/C12H11N3S/c1-9-8-16-12(14-9)10(7-13)6-11-4-3-5-15(11)2/h3-6,8H,1-2H3. The van der Waals surface area contributed by atoms with Gasteiger partial charge < -0.3 is 4.57 Å². The quantitative estimate of drug-likeness (QED) is 0.743. The fourth-order valence-electron chi connectivity index (χ4n) is 1.39. The predicted octanol–water partition coefficient (Wildman–Crippen LogP) is 2.85. The Morgan fingerprint density at radius 3 is 2.94 bits per heavy atom. The molecule has 2 heterocycles. The molecule has 0 spiro atoms. The smallest absolute Gasteiger partial charge is 0.134 e. The SMILES string of the molecule is Cc1csc(C(C#N)=Cc2cccn2C)n1. The number of nitrogens with zero attached hydrogens (tertiary/aromatic N) is 3. The maximum absolute atomic E-state index is 9.12. The molecule has 0 saturated carbocycles. The van der Waals surface area contributed by atoms with E-state index in [4.69, 9.17) is 5.26 Å². The van der Waals surface area contributed by atoms with Crippen LogP contribution in [0.4, 0.5) is 0 Å². The molecule has 0 radical (unpaired) electrons. The molecule has 0 atom stereocenters. The van der Waals surface area contributed by atoms with Gasteiger partial charge in [0, 0.05) is 30.0 Å². The van der Waals surface area contributed by atoms with Gasteiger partial charge in [0.2, 0.25) is 0 Å². The zero-order valence-electron chi connectivity index (χ0n) is 9.14. The van der Waals surface area contributed by atoms with Crippen molar-refractivity contribution in [2.24, 2.45) is 7.05 Å². The van der Waals surface area contributed by atoms with Gasteiger partial charge in [0.25, 0.3) is 0 Å². The van der Waals surface area contributed by atoms with E-state index < -0.39 is 0 Å². The molecule has 0 aliphatic rings. The van der Waals surface area contributed by atoms with E-state index in [0.717, 1.165) is 16.4 Å². The van der Waals surface area contributed by atoms with Crippen LogP contribution in [-0.4, -0.2) is 9.55 Å². The molecule has 80 valence electrons. The zero-order valence-corrected chi connectivity index (χ0v) is 9.95. The van der Waals surface area contributed by atoms with Gasteiger partial charge in [-0.3, -0.25) is 0 Å². The van der Waals surface area contributed by atoms with E-state index in [2.05, 4.69) is 11.1 Å². The van der Waals surface area contributed by atoms with Crippen molar-refractivity contribution in [3.63, 3.8) is 0 Å². The van der Waals surface area contributed by atoms with Crippen LogP contribution in [0.5, 0.6) is 0 Å². The van der Waals surface area contributed by atoms with Crippen molar-refractivity contribution in [3.8, 4) is 6.07 Å². The Morgan fingerprint density at radius 2 is 2.44 bits per heavy atom. The van der Waals surface area contributed by atoms with E-state index in [9.17, 15) is 0 Å². The molecule has 16 heavy (non-hydrogen) atoms. The normalized spacial score (nSPS) is 11.4. The van der Waals surface area contributed by atoms with Crippen LogP contribution in [0.1, 0.15) is 16.4 Å². The van der Waals surface area contributed by atoms with Crippen molar-refractivity contribution in [1.29, 1.82) is 5.26 Å². The summed E-state index contributed by atoms with van der Waals surface area (Å²) in [5.41, 5.74) is 2.57. The summed E-state index contributed by atoms with van der Waals surface area (Å²) in [5, 5.41) is 11.8. The first kappa shape index (κ1) is 10.7. The van der Waals surface area contributed by atoms with Crippen LogP contribution in [0, 0.1) is 18.3 Å². The van der Waals surface area contributed by atoms with Crippen LogP contribution in [0.3, 0.4) is 0 Å². The number of hydrogen-bond acceptors (Lipinski definition) is 3. The lowest BCUT2D eigenvalue weighted by molar-refractivity contribution is 0.915. The first-order chi connectivity index (χ1) is 7.70. The molecule has 2 aromatic heterocycles. The third kappa shape index (κ3) is 2.05. The Bertz CT molecular complexity index is 569. The van der Waals surface area contributed by atoms with Gasteiger partial charge in [0.05, 0.1) is 5.57 Å². The number of hydrogen-bond donors (Lipinski definition) is 0. The van der Waals surface area contributed by atoms with Crippen LogP contribution >= 0.6 is 11.3 Å². The number of aromatic nitrogens is 2. The molecule has 0 N–H and O–H groups in total. The molecular weight excluding hydrogens is 218 g/mol. The number of thiazole rings is 1. The summed E-state index contributed by atoms with van der Waals surface area (Å²) in [7, 11) is 1.95. The third-order valence-corrected chi connectivity index (χ3v) is 3.24. The predicted molar refractivity (Wildman–Crippen MR) is 65.7 cm³/mol. The Hall–Kier alpha value is -1.86. The molecule has 0 aliphatic heterocycles. The maximum atomic E-state index is 9.12. The molecule has 2 rings (SSSR count). The monoisotopic (exact) mass is 229 g/mol. The highest BCUT2D eigenvalue weighted by atomic mass is 32.1. The van der Waals surface area contributed by atoms with Gasteiger partial charge >= 0.3 is 0 Å². The second-order valence-corrected chi connectivity index (χ2v) is 4.37. The zero-order chi connectivity index (χ0) is 11.5. The van der Waals surface area contributed by atoms with Crippen LogP contribution in [0.25, 0.3) is 11.6 Å². The van der Waals surface area contributed by atoms with E-state index in [1.807, 2.05) is 48.3 Å². The van der Waals surface area contributed by atoms with E-state index >= 15 is 0 Å². The number of allylic oxidation sites excluding steroid dienone is 1. The fraction of sp³-hybridized carbons (Fsp3) is 0.167. The molecular formula is C12H11N3S. The summed E-state index contributed by atoms with van der Waals surface area (Å²) in [6.45, 7) is 1.93. The lowest BCUT2D eigenvalue weighted by atomic mass is 10.2. The summed E-state index contributed by atoms with van der Waals surface area (Å²) >= 11 is 1.50. The molecule has 0 saturated heterocycles. The van der Waals surface area contributed by atoms with Gasteiger partial charge in [0.1, 0.15) is 11.1 Å². The van der Waals surface area contributed by atoms with Gasteiger partial charge in [-0.15, -0.1) is 11.3 Å². The minimum atomic E-state index is 0.611. The van der Waals surface area contributed by atoms with Crippen LogP contribution in [-0.2, 0) is 7.05 Å². The largest absolute Gasteiger partial charge is 0.351 e. The van der Waals surface area contributed by atoms with Crippen molar-refractivity contribution in [3.05, 3.63) is 40.1 Å². The van der Waals surface area contributed by atoms with E-state index in [0.29, 0.717) is 5.57 Å². The number of aryl methyl sites for hydroxylation is 2. The van der Waals surface area contributed by atoms with Crippen molar-refractivity contribution in [2.75, 3.05) is 0 Å². The number of nitriles is 1. The summed E-state index contributed by atoms with van der Waals surface area (Å²) in [5.74, 6) is 0. The molecule has 0 fully saturated rings. The fourth-order valence-corrected chi connectivity index (χ4v) is 2.15. The second-order valence-electron chi connectivity index (χ2n) is 3.51. The molecule has 2 aromatic rings. The number of rotatable bonds is 2. The Kier molecular flexibility index (Phi) is 2.88. The second kappa shape index (κ2) is 4.33. The third-order valence-electron chi connectivity index (χ3n) is 2.25. The highest BCUT2D eigenvalue weighted by Crippen LogP contribution is 2.21. The van der Waals surface area contributed by atoms with Crippen LogP contribution in [0.15, 0.2) is 23.7 Å².